The number of H-pyrrole nitrogens is 1. The number of rotatable bonds is 7. The number of hydrogen-bond donors (Lipinski definition) is 2. The molecule has 20 heavy (non-hydrogen) atoms. The van der Waals surface area contributed by atoms with Crippen LogP contribution in [0, 0.1) is 13.8 Å². The van der Waals surface area contributed by atoms with Gasteiger partial charge in [-0.3, -0.25) is 0 Å². The minimum Gasteiger partial charge on any atom is -0.342 e. The Morgan fingerprint density at radius 3 is 2.60 bits per heavy atom. The van der Waals surface area contributed by atoms with Crippen LogP contribution in [-0.2, 0) is 6.42 Å². The molecule has 0 amide bonds. The summed E-state index contributed by atoms with van der Waals surface area (Å²) < 4.78 is 0. The van der Waals surface area contributed by atoms with Gasteiger partial charge in [0.1, 0.15) is 5.82 Å². The molecule has 108 valence electrons. The SMILES string of the molecule is Cc1ccc(-c2cnc(CCCCCCN)[nH]2)cc1C. The Morgan fingerprint density at radius 1 is 1.05 bits per heavy atom. The number of nitrogens with zero attached hydrogens (tertiary/aromatic N) is 1. The van der Waals surface area contributed by atoms with Crippen molar-refractivity contribution in [1.82, 2.24) is 9.97 Å². The highest BCUT2D eigenvalue weighted by atomic mass is 14.9. The van der Waals surface area contributed by atoms with Crippen LogP contribution in [0.3, 0.4) is 0 Å². The van der Waals surface area contributed by atoms with Crippen molar-refractivity contribution in [3.8, 4) is 11.3 Å². The van der Waals surface area contributed by atoms with Crippen LogP contribution < -0.4 is 5.73 Å². The van der Waals surface area contributed by atoms with Gasteiger partial charge in [-0.15, -0.1) is 0 Å². The van der Waals surface area contributed by atoms with Gasteiger partial charge in [-0.05, 0) is 56.0 Å². The van der Waals surface area contributed by atoms with Crippen LogP contribution >= 0.6 is 0 Å². The van der Waals surface area contributed by atoms with Gasteiger partial charge in [0.15, 0.2) is 0 Å². The fourth-order valence-electron chi connectivity index (χ4n) is 2.34. The highest BCUT2D eigenvalue weighted by Crippen LogP contribution is 2.20. The molecule has 1 aromatic heterocycles. The van der Waals surface area contributed by atoms with Crippen molar-refractivity contribution in [3.63, 3.8) is 0 Å². The number of hydrogen-bond acceptors (Lipinski definition) is 2. The van der Waals surface area contributed by atoms with Gasteiger partial charge in [0.25, 0.3) is 0 Å². The zero-order chi connectivity index (χ0) is 14.4. The Kier molecular flexibility index (Phi) is 5.36. The van der Waals surface area contributed by atoms with Crippen molar-refractivity contribution < 1.29 is 0 Å². The summed E-state index contributed by atoms with van der Waals surface area (Å²) >= 11 is 0. The number of imidazole rings is 1. The van der Waals surface area contributed by atoms with Gasteiger partial charge in [-0.25, -0.2) is 4.98 Å². The van der Waals surface area contributed by atoms with Crippen molar-refractivity contribution in [2.75, 3.05) is 6.54 Å². The van der Waals surface area contributed by atoms with Gasteiger partial charge in [0, 0.05) is 6.42 Å². The second-order valence-corrected chi connectivity index (χ2v) is 5.50. The van der Waals surface area contributed by atoms with E-state index in [0.29, 0.717) is 0 Å². The molecule has 1 heterocycles. The Morgan fingerprint density at radius 2 is 1.85 bits per heavy atom. The van der Waals surface area contributed by atoms with Gasteiger partial charge in [0.2, 0.25) is 0 Å². The molecule has 0 fully saturated rings. The quantitative estimate of drug-likeness (QED) is 0.753. The fourth-order valence-corrected chi connectivity index (χ4v) is 2.34. The zero-order valence-electron chi connectivity index (χ0n) is 12.6. The Balaban J connectivity index is 1.93. The van der Waals surface area contributed by atoms with Crippen LogP contribution in [0.2, 0.25) is 0 Å². The van der Waals surface area contributed by atoms with Crippen molar-refractivity contribution in [1.29, 1.82) is 0 Å². The van der Waals surface area contributed by atoms with E-state index in [1.807, 2.05) is 6.20 Å². The summed E-state index contributed by atoms with van der Waals surface area (Å²) in [4.78, 5) is 7.91. The van der Waals surface area contributed by atoms with Gasteiger partial charge < -0.3 is 10.7 Å². The van der Waals surface area contributed by atoms with E-state index in [1.165, 1.54) is 36.0 Å². The fraction of sp³-hybridized carbons (Fsp3) is 0.471. The third-order valence-corrected chi connectivity index (χ3v) is 3.81. The molecule has 0 aliphatic carbocycles. The van der Waals surface area contributed by atoms with E-state index in [0.717, 1.165) is 30.9 Å². The molecule has 0 saturated carbocycles. The van der Waals surface area contributed by atoms with Crippen molar-refractivity contribution in [2.45, 2.75) is 46.0 Å². The number of benzene rings is 1. The number of aromatic amines is 1. The highest BCUT2D eigenvalue weighted by molar-refractivity contribution is 5.60. The number of nitrogens with one attached hydrogen (secondary N) is 1. The Bertz CT molecular complexity index is 543. The van der Waals surface area contributed by atoms with E-state index in [2.05, 4.69) is 42.0 Å². The first-order valence-corrected chi connectivity index (χ1v) is 7.52. The molecule has 0 unspecified atom stereocenters. The lowest BCUT2D eigenvalue weighted by Crippen LogP contribution is -1.98. The average Bonchev–Trinajstić information content (AvgIpc) is 2.90. The molecule has 0 aliphatic heterocycles. The van der Waals surface area contributed by atoms with E-state index in [9.17, 15) is 0 Å². The minimum absolute atomic E-state index is 0.803. The van der Waals surface area contributed by atoms with Gasteiger partial charge in [0.05, 0.1) is 11.9 Å². The standard InChI is InChI=1S/C17H25N3/c1-13-8-9-15(11-14(13)2)16-12-19-17(20-16)7-5-3-4-6-10-18/h8-9,11-12H,3-7,10,18H2,1-2H3,(H,19,20). The number of aromatic nitrogens is 2. The first kappa shape index (κ1) is 14.8. The molecule has 0 radical (unpaired) electrons. The molecule has 3 heteroatoms. The summed E-state index contributed by atoms with van der Waals surface area (Å²) in [6.45, 7) is 5.09. The van der Waals surface area contributed by atoms with Gasteiger partial charge in [-0.1, -0.05) is 25.0 Å². The predicted octanol–water partition coefficient (Wildman–Crippen LogP) is 3.76. The molecule has 3 nitrogen and oxygen atoms in total. The van der Waals surface area contributed by atoms with Gasteiger partial charge in [-0.2, -0.15) is 0 Å². The maximum atomic E-state index is 5.49. The van der Waals surface area contributed by atoms with Crippen LogP contribution in [0.5, 0.6) is 0 Å². The van der Waals surface area contributed by atoms with Crippen molar-refractivity contribution >= 4 is 0 Å². The summed E-state index contributed by atoms with van der Waals surface area (Å²) in [6.07, 6.45) is 7.73. The van der Waals surface area contributed by atoms with E-state index < -0.39 is 0 Å². The summed E-state index contributed by atoms with van der Waals surface area (Å²) in [5.74, 6) is 1.09. The maximum Gasteiger partial charge on any atom is 0.106 e. The summed E-state index contributed by atoms with van der Waals surface area (Å²) in [6, 6.07) is 6.53. The van der Waals surface area contributed by atoms with Gasteiger partial charge >= 0.3 is 0 Å². The second-order valence-electron chi connectivity index (χ2n) is 5.50. The first-order valence-electron chi connectivity index (χ1n) is 7.52. The lowest BCUT2D eigenvalue weighted by molar-refractivity contribution is 0.638. The lowest BCUT2D eigenvalue weighted by atomic mass is 10.0. The van der Waals surface area contributed by atoms with E-state index >= 15 is 0 Å². The first-order chi connectivity index (χ1) is 9.70. The number of unbranched alkanes of at least 4 members (excludes halogenated alkanes) is 3. The zero-order valence-corrected chi connectivity index (χ0v) is 12.6. The molecular formula is C17H25N3. The predicted molar refractivity (Wildman–Crippen MR) is 84.7 cm³/mol. The summed E-state index contributed by atoms with van der Waals surface area (Å²) in [5, 5.41) is 0. The van der Waals surface area contributed by atoms with E-state index in [4.69, 9.17) is 5.73 Å². The topological polar surface area (TPSA) is 54.7 Å². The van der Waals surface area contributed by atoms with Crippen molar-refractivity contribution in [2.24, 2.45) is 5.73 Å². The maximum absolute atomic E-state index is 5.49. The largest absolute Gasteiger partial charge is 0.342 e. The Hall–Kier alpha value is -1.61. The highest BCUT2D eigenvalue weighted by Gasteiger charge is 2.04. The number of aryl methyl sites for hydroxylation is 3. The molecule has 0 atom stereocenters. The van der Waals surface area contributed by atoms with Crippen LogP contribution in [0.4, 0.5) is 0 Å². The third kappa shape index (κ3) is 3.94. The van der Waals surface area contributed by atoms with Crippen LogP contribution in [0.1, 0.15) is 42.6 Å². The molecule has 2 aromatic rings. The smallest absolute Gasteiger partial charge is 0.106 e. The normalized spacial score (nSPS) is 10.9. The van der Waals surface area contributed by atoms with Crippen LogP contribution in [0.25, 0.3) is 11.3 Å². The summed E-state index contributed by atoms with van der Waals surface area (Å²) in [7, 11) is 0. The molecule has 0 saturated heterocycles. The van der Waals surface area contributed by atoms with Crippen LogP contribution in [0.15, 0.2) is 24.4 Å². The molecular weight excluding hydrogens is 246 g/mol. The monoisotopic (exact) mass is 271 g/mol. The molecule has 0 bridgehead atoms. The minimum atomic E-state index is 0.803. The molecule has 2 rings (SSSR count). The average molecular weight is 271 g/mol. The molecule has 1 aromatic carbocycles. The third-order valence-electron chi connectivity index (χ3n) is 3.81. The number of nitrogens with two attached hydrogens (primary N) is 1. The molecule has 3 N–H and O–H groups in total. The van der Waals surface area contributed by atoms with E-state index in [1.54, 1.807) is 0 Å². The summed E-state index contributed by atoms with van der Waals surface area (Å²) in [5.41, 5.74) is 10.5. The van der Waals surface area contributed by atoms with Crippen LogP contribution in [-0.4, -0.2) is 16.5 Å². The lowest BCUT2D eigenvalue weighted by Gasteiger charge is -2.03. The van der Waals surface area contributed by atoms with E-state index in [-0.39, 0.29) is 0 Å². The van der Waals surface area contributed by atoms with Crippen molar-refractivity contribution in [3.05, 3.63) is 41.3 Å². The second kappa shape index (κ2) is 7.25. The Labute approximate surface area is 121 Å². The molecule has 0 aliphatic rings. The molecule has 0 spiro atoms.